The predicted molar refractivity (Wildman–Crippen MR) is 83.8 cm³/mol. The molecule has 0 spiro atoms. The Morgan fingerprint density at radius 1 is 1.48 bits per heavy atom. The molecule has 2 heterocycles. The molecule has 0 saturated heterocycles. The molecule has 0 radical (unpaired) electrons. The van der Waals surface area contributed by atoms with Crippen molar-refractivity contribution in [1.29, 1.82) is 0 Å². The lowest BCUT2D eigenvalue weighted by atomic mass is 10.3. The Bertz CT molecular complexity index is 836. The molecule has 7 heteroatoms. The van der Waals surface area contributed by atoms with E-state index < -0.39 is 0 Å². The summed E-state index contributed by atoms with van der Waals surface area (Å²) in [6.45, 7) is 3.09. The molecule has 0 aliphatic carbocycles. The van der Waals surface area contributed by atoms with Crippen LogP contribution in [0.2, 0.25) is 5.02 Å². The SMILES string of the molecule is Cc1nc(CN(C)Cn2c(=O)oc3cc(Cl)ccc32)cs1. The molecule has 0 atom stereocenters. The van der Waals surface area contributed by atoms with Crippen LogP contribution in [0.3, 0.4) is 0 Å². The highest BCUT2D eigenvalue weighted by molar-refractivity contribution is 7.09. The van der Waals surface area contributed by atoms with Gasteiger partial charge in [-0.3, -0.25) is 9.47 Å². The summed E-state index contributed by atoms with van der Waals surface area (Å²) in [5.74, 6) is -0.381. The number of benzene rings is 1. The molecule has 3 aromatic rings. The minimum absolute atomic E-state index is 0.381. The van der Waals surface area contributed by atoms with E-state index in [-0.39, 0.29) is 5.76 Å². The van der Waals surface area contributed by atoms with Crippen LogP contribution in [0, 0.1) is 6.92 Å². The Labute approximate surface area is 130 Å². The third-order valence-electron chi connectivity index (χ3n) is 3.11. The van der Waals surface area contributed by atoms with Crippen LogP contribution in [-0.2, 0) is 13.2 Å². The van der Waals surface area contributed by atoms with E-state index in [2.05, 4.69) is 4.98 Å². The van der Waals surface area contributed by atoms with Gasteiger partial charge in [0.05, 0.1) is 22.9 Å². The van der Waals surface area contributed by atoms with Gasteiger partial charge in [-0.05, 0) is 26.1 Å². The summed E-state index contributed by atoms with van der Waals surface area (Å²) in [4.78, 5) is 18.4. The first kappa shape index (κ1) is 14.3. The van der Waals surface area contributed by atoms with E-state index in [4.69, 9.17) is 16.0 Å². The topological polar surface area (TPSA) is 51.3 Å². The summed E-state index contributed by atoms with van der Waals surface area (Å²) in [5, 5.41) is 3.62. The summed E-state index contributed by atoms with van der Waals surface area (Å²) in [5.41, 5.74) is 2.25. The van der Waals surface area contributed by atoms with Gasteiger partial charge >= 0.3 is 5.76 Å². The summed E-state index contributed by atoms with van der Waals surface area (Å²) in [6.07, 6.45) is 0. The minimum atomic E-state index is -0.381. The summed E-state index contributed by atoms with van der Waals surface area (Å²) >= 11 is 7.53. The van der Waals surface area contributed by atoms with Crippen LogP contribution in [-0.4, -0.2) is 21.5 Å². The number of hydrogen-bond acceptors (Lipinski definition) is 5. The average molecular weight is 324 g/mol. The van der Waals surface area contributed by atoms with Gasteiger partial charge in [0, 0.05) is 23.0 Å². The zero-order valence-electron chi connectivity index (χ0n) is 11.7. The summed E-state index contributed by atoms with van der Waals surface area (Å²) in [6, 6.07) is 5.20. The lowest BCUT2D eigenvalue weighted by Gasteiger charge is -2.15. The quantitative estimate of drug-likeness (QED) is 0.740. The number of nitrogens with zero attached hydrogens (tertiary/aromatic N) is 3. The molecule has 0 bridgehead atoms. The fourth-order valence-corrected chi connectivity index (χ4v) is 2.99. The van der Waals surface area contributed by atoms with Gasteiger partial charge in [-0.15, -0.1) is 11.3 Å². The highest BCUT2D eigenvalue weighted by Crippen LogP contribution is 2.19. The third kappa shape index (κ3) is 3.02. The molecule has 0 N–H and O–H groups in total. The molecule has 0 saturated carbocycles. The van der Waals surface area contributed by atoms with Gasteiger partial charge in [0.15, 0.2) is 5.58 Å². The van der Waals surface area contributed by atoms with Crippen molar-refractivity contribution in [2.75, 3.05) is 7.05 Å². The standard InChI is InChI=1S/C14H14ClN3O2S/c1-9-16-11(7-21-9)6-17(2)8-18-12-4-3-10(15)5-13(12)20-14(18)19/h3-5,7H,6,8H2,1-2H3. The van der Waals surface area contributed by atoms with Crippen LogP contribution in [0.1, 0.15) is 10.7 Å². The number of fused-ring (bicyclic) bond motifs is 1. The highest BCUT2D eigenvalue weighted by atomic mass is 35.5. The lowest BCUT2D eigenvalue weighted by molar-refractivity contribution is 0.251. The van der Waals surface area contributed by atoms with Gasteiger partial charge in [-0.25, -0.2) is 9.78 Å². The van der Waals surface area contributed by atoms with Gasteiger partial charge in [0.1, 0.15) is 0 Å². The number of aryl methyl sites for hydroxylation is 1. The fourth-order valence-electron chi connectivity index (χ4n) is 2.22. The van der Waals surface area contributed by atoms with Crippen molar-refractivity contribution in [3.05, 3.63) is 49.9 Å². The van der Waals surface area contributed by atoms with E-state index in [1.165, 1.54) is 0 Å². The molecule has 0 aliphatic heterocycles. The number of rotatable bonds is 4. The van der Waals surface area contributed by atoms with Crippen molar-refractivity contribution in [1.82, 2.24) is 14.5 Å². The van der Waals surface area contributed by atoms with E-state index >= 15 is 0 Å². The zero-order valence-corrected chi connectivity index (χ0v) is 13.2. The Kier molecular flexibility index (Phi) is 3.84. The van der Waals surface area contributed by atoms with Crippen LogP contribution >= 0.6 is 22.9 Å². The van der Waals surface area contributed by atoms with Crippen molar-refractivity contribution in [2.24, 2.45) is 0 Å². The van der Waals surface area contributed by atoms with Crippen LogP contribution in [0.4, 0.5) is 0 Å². The third-order valence-corrected chi connectivity index (χ3v) is 4.17. The average Bonchev–Trinajstić information content (AvgIpc) is 2.94. The minimum Gasteiger partial charge on any atom is -0.408 e. The second-order valence-corrected chi connectivity index (χ2v) is 6.42. The van der Waals surface area contributed by atoms with E-state index in [0.29, 0.717) is 23.8 Å². The molecular weight excluding hydrogens is 310 g/mol. The molecule has 3 rings (SSSR count). The van der Waals surface area contributed by atoms with Gasteiger partial charge in [0.2, 0.25) is 0 Å². The van der Waals surface area contributed by atoms with Gasteiger partial charge in [-0.2, -0.15) is 0 Å². The Balaban J connectivity index is 1.84. The molecule has 0 fully saturated rings. The van der Waals surface area contributed by atoms with E-state index in [1.54, 1.807) is 34.1 Å². The number of halogens is 1. The van der Waals surface area contributed by atoms with Gasteiger partial charge in [0.25, 0.3) is 0 Å². The first-order valence-electron chi connectivity index (χ1n) is 6.41. The molecule has 2 aromatic heterocycles. The van der Waals surface area contributed by atoms with Gasteiger partial charge in [-0.1, -0.05) is 11.6 Å². The maximum Gasteiger partial charge on any atom is 0.421 e. The Hall–Kier alpha value is -1.63. The Morgan fingerprint density at radius 2 is 2.29 bits per heavy atom. The highest BCUT2D eigenvalue weighted by Gasteiger charge is 2.12. The largest absolute Gasteiger partial charge is 0.421 e. The first-order chi connectivity index (χ1) is 10.0. The molecular formula is C14H14ClN3O2S. The summed E-state index contributed by atoms with van der Waals surface area (Å²) in [7, 11) is 1.94. The van der Waals surface area contributed by atoms with Crippen LogP contribution < -0.4 is 5.76 Å². The maximum atomic E-state index is 12.0. The number of thiazole rings is 1. The molecule has 0 aliphatic rings. The molecule has 1 aromatic carbocycles. The number of aromatic nitrogens is 2. The normalized spacial score (nSPS) is 11.6. The van der Waals surface area contributed by atoms with Crippen LogP contribution in [0.15, 0.2) is 32.8 Å². The van der Waals surface area contributed by atoms with E-state index in [0.717, 1.165) is 16.2 Å². The van der Waals surface area contributed by atoms with Crippen molar-refractivity contribution in [2.45, 2.75) is 20.1 Å². The zero-order chi connectivity index (χ0) is 15.0. The van der Waals surface area contributed by atoms with Crippen molar-refractivity contribution < 1.29 is 4.42 Å². The second kappa shape index (κ2) is 5.63. The molecule has 21 heavy (non-hydrogen) atoms. The molecule has 5 nitrogen and oxygen atoms in total. The molecule has 110 valence electrons. The molecule has 0 unspecified atom stereocenters. The monoisotopic (exact) mass is 323 g/mol. The first-order valence-corrected chi connectivity index (χ1v) is 7.67. The van der Waals surface area contributed by atoms with E-state index in [1.807, 2.05) is 24.3 Å². The molecule has 0 amide bonds. The van der Waals surface area contributed by atoms with Gasteiger partial charge < -0.3 is 4.42 Å². The number of hydrogen-bond donors (Lipinski definition) is 0. The van der Waals surface area contributed by atoms with Crippen LogP contribution in [0.25, 0.3) is 11.1 Å². The smallest absolute Gasteiger partial charge is 0.408 e. The maximum absolute atomic E-state index is 12.0. The van der Waals surface area contributed by atoms with Crippen LogP contribution in [0.5, 0.6) is 0 Å². The Morgan fingerprint density at radius 3 is 3.00 bits per heavy atom. The second-order valence-electron chi connectivity index (χ2n) is 4.92. The number of oxazole rings is 1. The summed E-state index contributed by atoms with van der Waals surface area (Å²) < 4.78 is 6.81. The van der Waals surface area contributed by atoms with Crippen molar-refractivity contribution in [3.8, 4) is 0 Å². The van der Waals surface area contributed by atoms with Crippen molar-refractivity contribution >= 4 is 34.0 Å². The fraction of sp³-hybridized carbons (Fsp3) is 0.286. The lowest BCUT2D eigenvalue weighted by Crippen LogP contribution is -2.27. The van der Waals surface area contributed by atoms with E-state index in [9.17, 15) is 4.79 Å². The predicted octanol–water partition coefficient (Wildman–Crippen LogP) is 3.10. The van der Waals surface area contributed by atoms with Crippen molar-refractivity contribution in [3.63, 3.8) is 0 Å².